The highest BCUT2D eigenvalue weighted by Crippen LogP contribution is 2.29. The highest BCUT2D eigenvalue weighted by molar-refractivity contribution is 5.78. The number of amides is 2. The van der Waals surface area contributed by atoms with Crippen LogP contribution in [0.1, 0.15) is 24.8 Å². The predicted molar refractivity (Wildman–Crippen MR) is 110 cm³/mol. The van der Waals surface area contributed by atoms with Gasteiger partial charge >= 0.3 is 0 Å². The molecule has 30 heavy (non-hydrogen) atoms. The number of hydrogen-bond acceptors (Lipinski definition) is 7. The second-order valence-corrected chi connectivity index (χ2v) is 7.15. The summed E-state index contributed by atoms with van der Waals surface area (Å²) in [7, 11) is 1.53. The van der Waals surface area contributed by atoms with Crippen LogP contribution < -0.4 is 26.4 Å². The number of primary amides is 1. The highest BCUT2D eigenvalue weighted by atomic mass is 19.1. The molecule has 3 rings (SSSR count). The molecular formula is C20H25FN6O3. The third-order valence-corrected chi connectivity index (χ3v) is 5.03. The summed E-state index contributed by atoms with van der Waals surface area (Å²) in [4.78, 5) is 31.1. The number of rotatable bonds is 8. The molecule has 160 valence electrons. The molecule has 1 heterocycles. The molecule has 0 aliphatic heterocycles. The number of nitrogens with two attached hydrogens (primary N) is 1. The topological polar surface area (TPSA) is 131 Å². The summed E-state index contributed by atoms with van der Waals surface area (Å²) in [6.07, 6.45) is 3.28. The molecular weight excluding hydrogens is 391 g/mol. The number of halogens is 1. The fourth-order valence-electron chi connectivity index (χ4n) is 3.36. The van der Waals surface area contributed by atoms with Crippen LogP contribution >= 0.6 is 0 Å². The van der Waals surface area contributed by atoms with Crippen LogP contribution in [0.2, 0.25) is 0 Å². The van der Waals surface area contributed by atoms with E-state index >= 15 is 0 Å². The zero-order valence-corrected chi connectivity index (χ0v) is 16.9. The molecule has 5 N–H and O–H groups in total. The molecule has 2 aromatic rings. The van der Waals surface area contributed by atoms with Crippen LogP contribution in [0, 0.1) is 18.7 Å². The smallest absolute Gasteiger partial charge is 0.257 e. The zero-order chi connectivity index (χ0) is 21.7. The SMILES string of the molecule is CNC(=O)COc1cc(Nc2ncc(F)c(N[C@H]3CCC[C@H]3C(N)=O)n2)ccc1C. The van der Waals surface area contributed by atoms with Crippen molar-refractivity contribution < 1.29 is 18.7 Å². The van der Waals surface area contributed by atoms with E-state index < -0.39 is 11.7 Å². The molecule has 1 fully saturated rings. The molecule has 0 spiro atoms. The summed E-state index contributed by atoms with van der Waals surface area (Å²) in [5.74, 6) is -0.905. The fraction of sp³-hybridized carbons (Fsp3) is 0.400. The normalized spacial score (nSPS) is 18.0. The molecule has 0 unspecified atom stereocenters. The van der Waals surface area contributed by atoms with Gasteiger partial charge in [-0.05, 0) is 31.4 Å². The van der Waals surface area contributed by atoms with Crippen molar-refractivity contribution in [2.45, 2.75) is 32.2 Å². The number of likely N-dealkylation sites (N-methyl/N-ethyl adjacent to an activating group) is 1. The minimum Gasteiger partial charge on any atom is -0.483 e. The van der Waals surface area contributed by atoms with E-state index in [4.69, 9.17) is 10.5 Å². The van der Waals surface area contributed by atoms with E-state index in [9.17, 15) is 14.0 Å². The minimum atomic E-state index is -0.617. The first-order chi connectivity index (χ1) is 14.4. The molecule has 10 heteroatoms. The molecule has 0 radical (unpaired) electrons. The van der Waals surface area contributed by atoms with Crippen molar-refractivity contribution in [1.82, 2.24) is 15.3 Å². The van der Waals surface area contributed by atoms with Crippen LogP contribution in [0.3, 0.4) is 0 Å². The summed E-state index contributed by atoms with van der Waals surface area (Å²) in [5, 5.41) is 8.48. The quantitative estimate of drug-likeness (QED) is 0.516. The maximum atomic E-state index is 14.2. The third-order valence-electron chi connectivity index (χ3n) is 5.03. The van der Waals surface area contributed by atoms with Crippen molar-refractivity contribution in [3.05, 3.63) is 35.8 Å². The van der Waals surface area contributed by atoms with Gasteiger partial charge in [0.2, 0.25) is 11.9 Å². The second-order valence-electron chi connectivity index (χ2n) is 7.15. The lowest BCUT2D eigenvalue weighted by molar-refractivity contribution is -0.123. The van der Waals surface area contributed by atoms with Gasteiger partial charge in [0.1, 0.15) is 5.75 Å². The van der Waals surface area contributed by atoms with Crippen molar-refractivity contribution >= 4 is 29.3 Å². The Morgan fingerprint density at radius 1 is 1.33 bits per heavy atom. The first-order valence-corrected chi connectivity index (χ1v) is 9.67. The van der Waals surface area contributed by atoms with Crippen LogP contribution in [-0.4, -0.2) is 41.5 Å². The Labute approximate surface area is 173 Å². The van der Waals surface area contributed by atoms with Gasteiger partial charge in [-0.1, -0.05) is 12.5 Å². The molecule has 2 atom stereocenters. The maximum absolute atomic E-state index is 14.2. The van der Waals surface area contributed by atoms with Gasteiger partial charge in [-0.15, -0.1) is 0 Å². The average molecular weight is 416 g/mol. The van der Waals surface area contributed by atoms with Crippen LogP contribution in [0.4, 0.5) is 21.8 Å². The molecule has 0 bridgehead atoms. The zero-order valence-electron chi connectivity index (χ0n) is 16.9. The summed E-state index contributed by atoms with van der Waals surface area (Å²) < 4.78 is 19.8. The Morgan fingerprint density at radius 2 is 2.13 bits per heavy atom. The Balaban J connectivity index is 1.73. The van der Waals surface area contributed by atoms with E-state index in [0.717, 1.165) is 18.2 Å². The average Bonchev–Trinajstić information content (AvgIpc) is 3.19. The van der Waals surface area contributed by atoms with E-state index in [-0.39, 0.29) is 36.2 Å². The Bertz CT molecular complexity index is 939. The van der Waals surface area contributed by atoms with Gasteiger partial charge in [-0.2, -0.15) is 4.98 Å². The van der Waals surface area contributed by atoms with Crippen molar-refractivity contribution in [1.29, 1.82) is 0 Å². The number of nitrogens with zero attached hydrogens (tertiary/aromatic N) is 2. The van der Waals surface area contributed by atoms with E-state index in [1.54, 1.807) is 12.1 Å². The predicted octanol–water partition coefficient (Wildman–Crippen LogP) is 1.86. The molecule has 9 nitrogen and oxygen atoms in total. The van der Waals surface area contributed by atoms with Crippen molar-refractivity contribution in [3.63, 3.8) is 0 Å². The van der Waals surface area contributed by atoms with E-state index in [1.165, 1.54) is 7.05 Å². The molecule has 1 aliphatic carbocycles. The molecule has 0 saturated heterocycles. The van der Waals surface area contributed by atoms with E-state index in [2.05, 4.69) is 25.9 Å². The number of aryl methyl sites for hydroxylation is 1. The van der Waals surface area contributed by atoms with Gasteiger partial charge in [-0.25, -0.2) is 9.37 Å². The van der Waals surface area contributed by atoms with Gasteiger partial charge in [0, 0.05) is 24.8 Å². The third kappa shape index (κ3) is 5.13. The van der Waals surface area contributed by atoms with Crippen molar-refractivity contribution in [2.75, 3.05) is 24.3 Å². The van der Waals surface area contributed by atoms with Gasteiger partial charge in [0.15, 0.2) is 18.2 Å². The van der Waals surface area contributed by atoms with Gasteiger partial charge < -0.3 is 26.4 Å². The lowest BCUT2D eigenvalue weighted by atomic mass is 10.0. The first kappa shape index (κ1) is 21.3. The Kier molecular flexibility index (Phi) is 6.65. The largest absolute Gasteiger partial charge is 0.483 e. The van der Waals surface area contributed by atoms with Crippen LogP contribution in [0.15, 0.2) is 24.4 Å². The number of hydrogen-bond donors (Lipinski definition) is 4. The van der Waals surface area contributed by atoms with Gasteiger partial charge in [0.05, 0.1) is 12.1 Å². The monoisotopic (exact) mass is 416 g/mol. The standard InChI is InChI=1S/C20H25FN6O3/c1-11-6-7-12(8-16(11)30-10-17(28)23-2)25-20-24-9-14(21)19(27-20)26-15-5-3-4-13(15)18(22)29/h6-9,13,15H,3-5,10H2,1-2H3,(H2,22,29)(H,23,28)(H2,24,25,26,27)/t13-,15+/m1/s1. The molecule has 1 aromatic carbocycles. The summed E-state index contributed by atoms with van der Waals surface area (Å²) >= 11 is 0. The number of nitrogens with one attached hydrogen (secondary N) is 3. The van der Waals surface area contributed by atoms with E-state index in [1.807, 2.05) is 13.0 Å². The summed E-state index contributed by atoms with van der Waals surface area (Å²) in [6, 6.07) is 5.06. The maximum Gasteiger partial charge on any atom is 0.257 e. The Morgan fingerprint density at radius 3 is 2.87 bits per heavy atom. The van der Waals surface area contributed by atoms with Crippen LogP contribution in [-0.2, 0) is 9.59 Å². The number of ether oxygens (including phenoxy) is 1. The summed E-state index contributed by atoms with van der Waals surface area (Å²) in [5.41, 5.74) is 6.90. The van der Waals surface area contributed by atoms with Crippen molar-refractivity contribution in [2.24, 2.45) is 11.7 Å². The summed E-state index contributed by atoms with van der Waals surface area (Å²) in [6.45, 7) is 1.75. The number of carbonyl (C=O) groups excluding carboxylic acids is 2. The van der Waals surface area contributed by atoms with E-state index in [0.29, 0.717) is 24.3 Å². The minimum absolute atomic E-state index is 0.00820. The fourth-order valence-corrected chi connectivity index (χ4v) is 3.36. The van der Waals surface area contributed by atoms with Crippen molar-refractivity contribution in [3.8, 4) is 5.75 Å². The van der Waals surface area contributed by atoms with Crippen LogP contribution in [0.5, 0.6) is 5.75 Å². The number of carbonyl (C=O) groups is 2. The first-order valence-electron chi connectivity index (χ1n) is 9.67. The molecule has 1 saturated carbocycles. The lowest BCUT2D eigenvalue weighted by Gasteiger charge is -2.19. The second kappa shape index (κ2) is 9.38. The molecule has 2 amide bonds. The molecule has 1 aromatic heterocycles. The van der Waals surface area contributed by atoms with Gasteiger partial charge in [-0.3, -0.25) is 9.59 Å². The number of benzene rings is 1. The van der Waals surface area contributed by atoms with Gasteiger partial charge in [0.25, 0.3) is 5.91 Å². The Hall–Kier alpha value is -3.43. The highest BCUT2D eigenvalue weighted by Gasteiger charge is 2.32. The number of aromatic nitrogens is 2. The lowest BCUT2D eigenvalue weighted by Crippen LogP contribution is -2.34. The van der Waals surface area contributed by atoms with Crippen LogP contribution in [0.25, 0.3) is 0 Å². The number of anilines is 3. The molecule has 1 aliphatic rings.